The van der Waals surface area contributed by atoms with Crippen LogP contribution < -0.4 is 5.32 Å². The van der Waals surface area contributed by atoms with Crippen molar-refractivity contribution in [2.75, 3.05) is 26.9 Å². The third kappa shape index (κ3) is 4.52. The quantitative estimate of drug-likeness (QED) is 0.373. The molecule has 1 unspecified atom stereocenters. The molecule has 4 nitrogen and oxygen atoms in total. The lowest BCUT2D eigenvalue weighted by Crippen LogP contribution is -2.31. The third-order valence-corrected chi connectivity index (χ3v) is 3.99. The SMILES string of the molecule is CCO[Si](CCCNC1(C)CO1)OC. The van der Waals surface area contributed by atoms with Gasteiger partial charge in [-0.15, -0.1) is 0 Å². The van der Waals surface area contributed by atoms with E-state index in [2.05, 4.69) is 12.2 Å². The van der Waals surface area contributed by atoms with E-state index in [0.29, 0.717) is 0 Å². The van der Waals surface area contributed by atoms with Gasteiger partial charge in [0, 0.05) is 13.7 Å². The molecule has 1 aliphatic heterocycles. The van der Waals surface area contributed by atoms with Crippen LogP contribution in [0.3, 0.4) is 0 Å². The second-order valence-corrected chi connectivity index (χ2v) is 5.50. The molecule has 1 rings (SSSR count). The number of hydrogen-bond donors (Lipinski definition) is 1. The molecule has 1 saturated heterocycles. The summed E-state index contributed by atoms with van der Waals surface area (Å²) in [5.41, 5.74) is -0.0361. The molecule has 1 radical (unpaired) electrons. The van der Waals surface area contributed by atoms with Crippen molar-refractivity contribution in [1.29, 1.82) is 0 Å². The van der Waals surface area contributed by atoms with Crippen LogP contribution in [0.2, 0.25) is 6.04 Å². The number of ether oxygens (including phenoxy) is 1. The van der Waals surface area contributed by atoms with Gasteiger partial charge < -0.3 is 13.6 Å². The molecule has 1 aliphatic rings. The number of nitrogens with one attached hydrogen (secondary N) is 1. The maximum Gasteiger partial charge on any atom is 0.384 e. The third-order valence-electron chi connectivity index (χ3n) is 2.17. The highest BCUT2D eigenvalue weighted by Gasteiger charge is 2.38. The summed E-state index contributed by atoms with van der Waals surface area (Å²) in [4.78, 5) is 0. The maximum atomic E-state index is 5.46. The number of epoxide rings is 1. The summed E-state index contributed by atoms with van der Waals surface area (Å²) in [5, 5.41) is 3.34. The zero-order valence-electron chi connectivity index (χ0n) is 9.26. The molecule has 1 N–H and O–H groups in total. The summed E-state index contributed by atoms with van der Waals surface area (Å²) < 4.78 is 15.9. The fourth-order valence-corrected chi connectivity index (χ4v) is 2.44. The zero-order valence-corrected chi connectivity index (χ0v) is 10.3. The molecular weight excluding hydrogens is 198 g/mol. The van der Waals surface area contributed by atoms with Gasteiger partial charge in [0.1, 0.15) is 5.72 Å². The van der Waals surface area contributed by atoms with E-state index in [4.69, 9.17) is 13.6 Å². The predicted octanol–water partition coefficient (Wildman–Crippen LogP) is 0.884. The molecule has 0 spiro atoms. The van der Waals surface area contributed by atoms with E-state index in [0.717, 1.165) is 32.2 Å². The van der Waals surface area contributed by atoms with Crippen LogP contribution in [0.15, 0.2) is 0 Å². The Labute approximate surface area is 87.8 Å². The van der Waals surface area contributed by atoms with E-state index in [9.17, 15) is 0 Å². The Hall–Kier alpha value is 0.0569. The van der Waals surface area contributed by atoms with Crippen molar-refractivity contribution in [3.8, 4) is 0 Å². The Kier molecular flexibility index (Phi) is 5.04. The zero-order chi connectivity index (χ0) is 10.4. The summed E-state index contributed by atoms with van der Waals surface area (Å²) in [7, 11) is 0.712. The summed E-state index contributed by atoms with van der Waals surface area (Å²) in [6, 6.07) is 1.03. The van der Waals surface area contributed by atoms with Gasteiger partial charge >= 0.3 is 9.28 Å². The Morgan fingerprint density at radius 3 is 2.79 bits per heavy atom. The topological polar surface area (TPSA) is 43.0 Å². The minimum atomic E-state index is -1.01. The van der Waals surface area contributed by atoms with Crippen molar-refractivity contribution in [1.82, 2.24) is 5.32 Å². The van der Waals surface area contributed by atoms with Crippen molar-refractivity contribution in [2.24, 2.45) is 0 Å². The van der Waals surface area contributed by atoms with Crippen molar-refractivity contribution in [2.45, 2.75) is 32.0 Å². The maximum absolute atomic E-state index is 5.46. The summed E-state index contributed by atoms with van der Waals surface area (Å²) in [5.74, 6) is 0. The van der Waals surface area contributed by atoms with Gasteiger partial charge in [-0.2, -0.15) is 0 Å². The second kappa shape index (κ2) is 5.82. The molecule has 0 aliphatic carbocycles. The normalized spacial score (nSPS) is 25.7. The van der Waals surface area contributed by atoms with Gasteiger partial charge in [-0.25, -0.2) is 0 Å². The molecule has 0 saturated carbocycles. The van der Waals surface area contributed by atoms with Gasteiger partial charge in [0.05, 0.1) is 6.61 Å². The smallest absolute Gasteiger partial charge is 0.384 e. The van der Waals surface area contributed by atoms with Crippen LogP contribution in [0.1, 0.15) is 20.3 Å². The van der Waals surface area contributed by atoms with E-state index in [1.54, 1.807) is 7.11 Å². The predicted molar refractivity (Wildman–Crippen MR) is 56.2 cm³/mol. The minimum absolute atomic E-state index is 0.0361. The monoisotopic (exact) mass is 218 g/mol. The van der Waals surface area contributed by atoms with E-state index in [1.165, 1.54) is 0 Å². The van der Waals surface area contributed by atoms with Gasteiger partial charge in [-0.3, -0.25) is 5.32 Å². The van der Waals surface area contributed by atoms with Crippen LogP contribution in [0, 0.1) is 0 Å². The summed E-state index contributed by atoms with van der Waals surface area (Å²) >= 11 is 0. The fraction of sp³-hybridized carbons (Fsp3) is 1.00. The van der Waals surface area contributed by atoms with Crippen LogP contribution in [0.4, 0.5) is 0 Å². The summed E-state index contributed by atoms with van der Waals surface area (Å²) in [6.07, 6.45) is 1.08. The highest BCUT2D eigenvalue weighted by molar-refractivity contribution is 6.44. The molecule has 1 heterocycles. The lowest BCUT2D eigenvalue weighted by molar-refractivity contribution is 0.237. The van der Waals surface area contributed by atoms with Gasteiger partial charge in [0.25, 0.3) is 0 Å². The van der Waals surface area contributed by atoms with Crippen LogP contribution >= 0.6 is 0 Å². The lowest BCUT2D eigenvalue weighted by Gasteiger charge is -2.12. The van der Waals surface area contributed by atoms with E-state index in [1.807, 2.05) is 6.92 Å². The molecule has 0 amide bonds. The largest absolute Gasteiger partial charge is 0.397 e. The highest BCUT2D eigenvalue weighted by atomic mass is 28.3. The molecule has 1 atom stereocenters. The molecule has 0 aromatic heterocycles. The van der Waals surface area contributed by atoms with Crippen molar-refractivity contribution in [3.05, 3.63) is 0 Å². The first kappa shape index (κ1) is 12.1. The Morgan fingerprint density at radius 2 is 2.29 bits per heavy atom. The first-order valence-corrected chi connectivity index (χ1v) is 6.64. The first-order valence-electron chi connectivity index (χ1n) is 5.12. The van der Waals surface area contributed by atoms with Crippen molar-refractivity contribution >= 4 is 9.28 Å². The number of hydrogen-bond acceptors (Lipinski definition) is 4. The molecule has 83 valence electrons. The molecule has 0 aromatic carbocycles. The fourth-order valence-electron chi connectivity index (χ4n) is 1.19. The molecule has 0 bridgehead atoms. The Bertz CT molecular complexity index is 164. The van der Waals surface area contributed by atoms with Crippen LogP contribution in [0.5, 0.6) is 0 Å². The highest BCUT2D eigenvalue weighted by Crippen LogP contribution is 2.21. The first-order chi connectivity index (χ1) is 6.70. The standard InChI is InChI=1S/C9H20NO3Si/c1-4-13-14(11-3)7-5-6-10-9(2)8-12-9/h10H,4-8H2,1-3H3. The average molecular weight is 218 g/mol. The van der Waals surface area contributed by atoms with E-state index >= 15 is 0 Å². The minimum Gasteiger partial charge on any atom is -0.397 e. The molecule has 1 fully saturated rings. The van der Waals surface area contributed by atoms with Crippen LogP contribution in [-0.2, 0) is 13.6 Å². The van der Waals surface area contributed by atoms with Gasteiger partial charge in [-0.1, -0.05) is 0 Å². The molecule has 0 aromatic rings. The van der Waals surface area contributed by atoms with Crippen molar-refractivity contribution < 1.29 is 13.6 Å². The van der Waals surface area contributed by atoms with E-state index in [-0.39, 0.29) is 5.72 Å². The Morgan fingerprint density at radius 1 is 1.57 bits per heavy atom. The second-order valence-electron chi connectivity index (χ2n) is 3.56. The average Bonchev–Trinajstić information content (AvgIpc) is 2.90. The summed E-state index contributed by atoms with van der Waals surface area (Å²) in [6.45, 7) is 6.62. The molecular formula is C9H20NO3Si. The van der Waals surface area contributed by atoms with Crippen LogP contribution in [0.25, 0.3) is 0 Å². The Balaban J connectivity index is 1.95. The molecule has 14 heavy (non-hydrogen) atoms. The van der Waals surface area contributed by atoms with Gasteiger partial charge in [0.2, 0.25) is 0 Å². The lowest BCUT2D eigenvalue weighted by atomic mass is 10.3. The van der Waals surface area contributed by atoms with Crippen molar-refractivity contribution in [3.63, 3.8) is 0 Å². The van der Waals surface area contributed by atoms with Gasteiger partial charge in [-0.05, 0) is 32.9 Å². The molecule has 5 heteroatoms. The van der Waals surface area contributed by atoms with Gasteiger partial charge in [0.15, 0.2) is 0 Å². The number of rotatable bonds is 8. The van der Waals surface area contributed by atoms with Crippen LogP contribution in [-0.4, -0.2) is 41.9 Å². The van der Waals surface area contributed by atoms with E-state index < -0.39 is 9.28 Å².